The van der Waals surface area contributed by atoms with Crippen molar-refractivity contribution in [2.24, 2.45) is 5.92 Å². The normalized spacial score (nSPS) is 12.8. The van der Waals surface area contributed by atoms with Crippen LogP contribution in [0.25, 0.3) is 0 Å². The predicted octanol–water partition coefficient (Wildman–Crippen LogP) is 3.22. The molecule has 102 valence electrons. The molecule has 0 saturated heterocycles. The minimum Gasteiger partial charge on any atom is -0.380 e. The monoisotopic (exact) mass is 271 g/mol. The van der Waals surface area contributed by atoms with E-state index in [1.807, 2.05) is 20.8 Å². The summed E-state index contributed by atoms with van der Waals surface area (Å²) in [5, 5.41) is 11.9. The summed E-state index contributed by atoms with van der Waals surface area (Å²) < 4.78 is 5.49. The van der Waals surface area contributed by atoms with Gasteiger partial charge in [-0.05, 0) is 37.8 Å². The Morgan fingerprint density at radius 3 is 2.44 bits per heavy atom. The quantitative estimate of drug-likeness (QED) is 0.863. The second-order valence-electron chi connectivity index (χ2n) is 4.74. The van der Waals surface area contributed by atoms with Gasteiger partial charge < -0.3 is 10.1 Å². The zero-order valence-electron chi connectivity index (χ0n) is 11.7. The number of aromatic nitrogens is 2. The fourth-order valence-corrected chi connectivity index (χ4v) is 1.71. The van der Waals surface area contributed by atoms with Crippen LogP contribution in [-0.4, -0.2) is 29.5 Å². The summed E-state index contributed by atoms with van der Waals surface area (Å²) in [5.74, 6) is 1.24. The number of nitrogens with one attached hydrogen (secondary N) is 1. The molecule has 5 heteroatoms. The van der Waals surface area contributed by atoms with Crippen LogP contribution in [0, 0.1) is 19.8 Å². The number of hydrogen-bond acceptors (Lipinski definition) is 4. The molecule has 0 spiro atoms. The lowest BCUT2D eigenvalue weighted by Crippen LogP contribution is -2.32. The zero-order valence-corrected chi connectivity index (χ0v) is 12.5. The molecule has 0 aromatic carbocycles. The molecule has 0 bridgehead atoms. The Bertz CT molecular complexity index is 396. The molecule has 0 aliphatic rings. The predicted molar refractivity (Wildman–Crippen MR) is 75.3 cm³/mol. The van der Waals surface area contributed by atoms with Crippen LogP contribution in [0.4, 0.5) is 5.82 Å². The summed E-state index contributed by atoms with van der Waals surface area (Å²) in [6, 6.07) is 0.221. The van der Waals surface area contributed by atoms with E-state index in [1.165, 1.54) is 0 Å². The molecule has 0 aliphatic carbocycles. The average Bonchev–Trinajstić information content (AvgIpc) is 2.33. The number of halogens is 1. The number of rotatable bonds is 6. The first-order valence-corrected chi connectivity index (χ1v) is 6.68. The van der Waals surface area contributed by atoms with E-state index in [1.54, 1.807) is 0 Å². The lowest BCUT2D eigenvalue weighted by atomic mass is 10.0. The number of ether oxygens (including phenoxy) is 1. The van der Waals surface area contributed by atoms with Gasteiger partial charge in [0.2, 0.25) is 0 Å². The van der Waals surface area contributed by atoms with E-state index in [0.717, 1.165) is 23.6 Å². The Morgan fingerprint density at radius 2 is 1.89 bits per heavy atom. The van der Waals surface area contributed by atoms with Gasteiger partial charge in [-0.25, -0.2) is 0 Å². The third kappa shape index (κ3) is 3.82. The smallest absolute Gasteiger partial charge is 0.155 e. The first-order chi connectivity index (χ1) is 8.47. The van der Waals surface area contributed by atoms with Gasteiger partial charge in [-0.3, -0.25) is 0 Å². The van der Waals surface area contributed by atoms with E-state index in [0.29, 0.717) is 17.7 Å². The third-order valence-electron chi connectivity index (χ3n) is 3.09. The molecule has 0 fully saturated rings. The zero-order chi connectivity index (χ0) is 13.7. The van der Waals surface area contributed by atoms with Crippen LogP contribution >= 0.6 is 11.6 Å². The van der Waals surface area contributed by atoms with Crippen molar-refractivity contribution in [1.29, 1.82) is 0 Å². The second kappa shape index (κ2) is 6.90. The standard InChI is InChI=1S/C13H22ClN3O/c1-6-18-7-11(8(2)3)15-13-10(5)9(4)12(14)16-17-13/h8,11H,6-7H2,1-5H3,(H,15,17). The van der Waals surface area contributed by atoms with E-state index in [4.69, 9.17) is 16.3 Å². The summed E-state index contributed by atoms with van der Waals surface area (Å²) in [5.41, 5.74) is 2.00. The van der Waals surface area contributed by atoms with E-state index < -0.39 is 0 Å². The van der Waals surface area contributed by atoms with E-state index in [2.05, 4.69) is 29.4 Å². The molecular formula is C13H22ClN3O. The highest BCUT2D eigenvalue weighted by atomic mass is 35.5. The maximum absolute atomic E-state index is 5.94. The average molecular weight is 272 g/mol. The topological polar surface area (TPSA) is 47.0 Å². The van der Waals surface area contributed by atoms with Gasteiger partial charge in [-0.2, -0.15) is 0 Å². The molecule has 1 unspecified atom stereocenters. The number of hydrogen-bond donors (Lipinski definition) is 1. The van der Waals surface area contributed by atoms with Gasteiger partial charge in [-0.1, -0.05) is 25.4 Å². The number of nitrogens with zero attached hydrogens (tertiary/aromatic N) is 2. The molecule has 0 radical (unpaired) electrons. The SMILES string of the molecule is CCOCC(Nc1nnc(Cl)c(C)c1C)C(C)C. The Balaban J connectivity index is 2.84. The van der Waals surface area contributed by atoms with Gasteiger partial charge in [0.25, 0.3) is 0 Å². The van der Waals surface area contributed by atoms with Crippen molar-refractivity contribution in [3.8, 4) is 0 Å². The molecule has 4 nitrogen and oxygen atoms in total. The maximum Gasteiger partial charge on any atom is 0.155 e. The van der Waals surface area contributed by atoms with Gasteiger partial charge in [-0.15, -0.1) is 10.2 Å². The molecule has 1 atom stereocenters. The van der Waals surface area contributed by atoms with Crippen molar-refractivity contribution >= 4 is 17.4 Å². The highest BCUT2D eigenvalue weighted by molar-refractivity contribution is 6.30. The molecule has 18 heavy (non-hydrogen) atoms. The van der Waals surface area contributed by atoms with E-state index in [9.17, 15) is 0 Å². The second-order valence-corrected chi connectivity index (χ2v) is 5.10. The summed E-state index contributed by atoms with van der Waals surface area (Å²) in [4.78, 5) is 0. The van der Waals surface area contributed by atoms with Gasteiger partial charge >= 0.3 is 0 Å². The van der Waals surface area contributed by atoms with Crippen LogP contribution in [0.3, 0.4) is 0 Å². The first kappa shape index (κ1) is 15.2. The lowest BCUT2D eigenvalue weighted by molar-refractivity contribution is 0.126. The Morgan fingerprint density at radius 1 is 1.22 bits per heavy atom. The van der Waals surface area contributed by atoms with Crippen LogP contribution in [-0.2, 0) is 4.74 Å². The van der Waals surface area contributed by atoms with Gasteiger partial charge in [0.05, 0.1) is 12.6 Å². The Kier molecular flexibility index (Phi) is 5.82. The van der Waals surface area contributed by atoms with Crippen molar-refractivity contribution in [3.63, 3.8) is 0 Å². The fourth-order valence-electron chi connectivity index (χ4n) is 1.53. The van der Waals surface area contributed by atoms with Crippen molar-refractivity contribution in [1.82, 2.24) is 10.2 Å². The van der Waals surface area contributed by atoms with Crippen molar-refractivity contribution in [3.05, 3.63) is 16.3 Å². The van der Waals surface area contributed by atoms with Crippen molar-refractivity contribution in [2.75, 3.05) is 18.5 Å². The van der Waals surface area contributed by atoms with Gasteiger partial charge in [0.15, 0.2) is 11.0 Å². The first-order valence-electron chi connectivity index (χ1n) is 6.31. The number of anilines is 1. The van der Waals surface area contributed by atoms with Crippen LogP contribution in [0.15, 0.2) is 0 Å². The van der Waals surface area contributed by atoms with Crippen LogP contribution in [0.2, 0.25) is 5.15 Å². The van der Waals surface area contributed by atoms with Crippen molar-refractivity contribution < 1.29 is 4.74 Å². The van der Waals surface area contributed by atoms with Crippen LogP contribution in [0.5, 0.6) is 0 Å². The molecular weight excluding hydrogens is 250 g/mol. The van der Waals surface area contributed by atoms with Crippen LogP contribution < -0.4 is 5.32 Å². The molecule has 1 aromatic rings. The minimum absolute atomic E-state index is 0.221. The van der Waals surface area contributed by atoms with Gasteiger partial charge in [0, 0.05) is 6.61 Å². The van der Waals surface area contributed by atoms with Crippen molar-refractivity contribution in [2.45, 2.75) is 40.7 Å². The molecule has 1 rings (SSSR count). The van der Waals surface area contributed by atoms with Crippen LogP contribution in [0.1, 0.15) is 31.9 Å². The summed E-state index contributed by atoms with van der Waals surface area (Å²) in [6.45, 7) is 11.6. The highest BCUT2D eigenvalue weighted by Gasteiger charge is 2.16. The molecule has 1 heterocycles. The minimum atomic E-state index is 0.221. The van der Waals surface area contributed by atoms with Gasteiger partial charge in [0.1, 0.15) is 0 Å². The van der Waals surface area contributed by atoms with E-state index >= 15 is 0 Å². The third-order valence-corrected chi connectivity index (χ3v) is 3.45. The Hall–Kier alpha value is -0.870. The highest BCUT2D eigenvalue weighted by Crippen LogP contribution is 2.22. The summed E-state index contributed by atoms with van der Waals surface area (Å²) >= 11 is 5.94. The molecule has 0 amide bonds. The molecule has 0 saturated carbocycles. The fraction of sp³-hybridized carbons (Fsp3) is 0.692. The Labute approximate surface area is 114 Å². The molecule has 0 aliphatic heterocycles. The summed E-state index contributed by atoms with van der Waals surface area (Å²) in [7, 11) is 0. The largest absolute Gasteiger partial charge is 0.380 e. The molecule has 1 aromatic heterocycles. The van der Waals surface area contributed by atoms with E-state index in [-0.39, 0.29) is 6.04 Å². The summed E-state index contributed by atoms with van der Waals surface area (Å²) in [6.07, 6.45) is 0. The lowest BCUT2D eigenvalue weighted by Gasteiger charge is -2.23. The molecule has 1 N–H and O–H groups in total. The maximum atomic E-state index is 5.94.